The van der Waals surface area contributed by atoms with E-state index in [0.29, 0.717) is 0 Å². The summed E-state index contributed by atoms with van der Waals surface area (Å²) < 4.78 is 81.6. The number of aliphatic hydroxyl groups is 1. The first kappa shape index (κ1) is 31.4. The Morgan fingerprint density at radius 2 is 1.83 bits per heavy atom. The lowest BCUT2D eigenvalue weighted by atomic mass is 9.99. The highest BCUT2D eigenvalue weighted by atomic mass is 32.2. The van der Waals surface area contributed by atoms with Crippen molar-refractivity contribution in [2.75, 3.05) is 31.5 Å². The van der Waals surface area contributed by atoms with E-state index in [0.717, 1.165) is 28.6 Å². The Kier molecular flexibility index (Phi) is 8.97. The number of amides is 1. The fourth-order valence-electron chi connectivity index (χ4n) is 4.73. The second-order valence-corrected chi connectivity index (χ2v) is 14.0. The average Bonchev–Trinajstić information content (AvgIpc) is 3.28. The number of aryl methyl sites for hydroxylation is 2. The molecule has 1 aromatic heterocycles. The third-order valence-electron chi connectivity index (χ3n) is 7.13. The molecular weight excluding hydrogens is 591 g/mol. The molecule has 3 aromatic rings. The summed E-state index contributed by atoms with van der Waals surface area (Å²) >= 11 is 0. The van der Waals surface area contributed by atoms with Crippen molar-refractivity contribution < 1.29 is 40.4 Å². The van der Waals surface area contributed by atoms with Crippen LogP contribution in [0.1, 0.15) is 35.7 Å². The zero-order chi connectivity index (χ0) is 31.0. The minimum Gasteiger partial charge on any atom is -0.486 e. The van der Waals surface area contributed by atoms with E-state index in [1.807, 2.05) is 0 Å². The molecule has 2 aromatic carbocycles. The predicted octanol–water partition coefficient (Wildman–Crippen LogP) is 2.77. The van der Waals surface area contributed by atoms with Gasteiger partial charge in [-0.1, -0.05) is 18.1 Å². The van der Waals surface area contributed by atoms with Crippen LogP contribution in [0, 0.1) is 25.6 Å². The Hall–Kier alpha value is -3.53. The number of fused-ring (bicyclic) bond motifs is 1. The summed E-state index contributed by atoms with van der Waals surface area (Å²) in [5.41, 5.74) is 0.105. The van der Waals surface area contributed by atoms with Gasteiger partial charge in [-0.3, -0.25) is 9.52 Å². The lowest BCUT2D eigenvalue weighted by Crippen LogP contribution is -2.50. The van der Waals surface area contributed by atoms with Crippen LogP contribution in [0.5, 0.6) is 5.75 Å². The number of ether oxygens (including phenoxy) is 1. The summed E-state index contributed by atoms with van der Waals surface area (Å²) in [6.07, 6.45) is -0.879. The van der Waals surface area contributed by atoms with Crippen molar-refractivity contribution in [2.45, 2.75) is 49.6 Å². The lowest BCUT2D eigenvalue weighted by molar-refractivity contribution is 0.0389. The molecule has 0 saturated heterocycles. The van der Waals surface area contributed by atoms with Gasteiger partial charge in [0.1, 0.15) is 17.6 Å². The Morgan fingerprint density at radius 1 is 1.17 bits per heavy atom. The van der Waals surface area contributed by atoms with Crippen LogP contribution in [0.15, 0.2) is 56.8 Å². The van der Waals surface area contributed by atoms with Crippen molar-refractivity contribution in [1.29, 1.82) is 0 Å². The van der Waals surface area contributed by atoms with E-state index in [1.165, 1.54) is 44.0 Å². The molecule has 228 valence electrons. The molecule has 1 amide bonds. The number of aromatic nitrogens is 1. The van der Waals surface area contributed by atoms with Gasteiger partial charge in [0.2, 0.25) is 10.0 Å². The smallest absolute Gasteiger partial charge is 0.267 e. The number of sulfonamides is 2. The number of likely N-dealkylation sites (N-methyl/N-ethyl adjacent to an activating group) is 1. The number of nitrogens with one attached hydrogen (secondary N) is 1. The second-order valence-electron chi connectivity index (χ2n) is 10.3. The predicted molar refractivity (Wildman–Crippen MR) is 151 cm³/mol. The summed E-state index contributed by atoms with van der Waals surface area (Å²) in [5.74, 6) is -1.59. The van der Waals surface area contributed by atoms with E-state index < -0.39 is 49.8 Å². The fraction of sp³-hybridized carbons (Fsp3) is 0.407. The molecule has 12 nitrogen and oxygen atoms in total. The number of carbonyl (C=O) groups excluding carboxylic acids is 1. The molecule has 2 N–H and O–H groups in total. The van der Waals surface area contributed by atoms with Crippen molar-refractivity contribution in [3.05, 3.63) is 65.3 Å². The van der Waals surface area contributed by atoms with Gasteiger partial charge in [-0.05, 0) is 57.2 Å². The van der Waals surface area contributed by atoms with Gasteiger partial charge in [-0.25, -0.2) is 21.2 Å². The highest BCUT2D eigenvalue weighted by Gasteiger charge is 2.37. The number of carbonyl (C=O) groups is 1. The monoisotopic (exact) mass is 624 g/mol. The molecule has 0 saturated carbocycles. The van der Waals surface area contributed by atoms with E-state index in [2.05, 4.69) is 9.88 Å². The van der Waals surface area contributed by atoms with Crippen LogP contribution in [0.2, 0.25) is 0 Å². The van der Waals surface area contributed by atoms with Gasteiger partial charge in [-0.2, -0.15) is 4.31 Å². The number of rotatable bonds is 9. The summed E-state index contributed by atoms with van der Waals surface area (Å²) in [6, 6.07) is 8.17. The first-order chi connectivity index (χ1) is 19.7. The number of halogens is 1. The van der Waals surface area contributed by atoms with Gasteiger partial charge >= 0.3 is 0 Å². The first-order valence-corrected chi connectivity index (χ1v) is 16.0. The Bertz CT molecular complexity index is 1660. The van der Waals surface area contributed by atoms with E-state index >= 15 is 0 Å². The van der Waals surface area contributed by atoms with Crippen molar-refractivity contribution in [1.82, 2.24) is 14.4 Å². The molecule has 4 rings (SSSR count). The number of hydrogen-bond acceptors (Lipinski definition) is 9. The van der Waals surface area contributed by atoms with Crippen LogP contribution in [0.25, 0.3) is 0 Å². The maximum atomic E-state index is 13.7. The zero-order valence-electron chi connectivity index (χ0n) is 23.7. The minimum absolute atomic E-state index is 0.0233. The van der Waals surface area contributed by atoms with E-state index in [9.17, 15) is 31.1 Å². The molecule has 0 aliphatic carbocycles. The molecule has 0 bridgehead atoms. The molecule has 1 aliphatic heterocycles. The van der Waals surface area contributed by atoms with Gasteiger partial charge in [-0.15, -0.1) is 0 Å². The van der Waals surface area contributed by atoms with E-state index in [1.54, 1.807) is 13.8 Å². The van der Waals surface area contributed by atoms with Crippen molar-refractivity contribution in [2.24, 2.45) is 5.92 Å². The Labute approximate surface area is 244 Å². The Morgan fingerprint density at radius 3 is 2.43 bits per heavy atom. The topological polar surface area (TPSA) is 159 Å². The van der Waals surface area contributed by atoms with Crippen molar-refractivity contribution in [3.8, 4) is 5.75 Å². The summed E-state index contributed by atoms with van der Waals surface area (Å²) in [7, 11) is -6.96. The van der Waals surface area contributed by atoms with Crippen LogP contribution < -0.4 is 9.46 Å². The molecule has 0 fully saturated rings. The average molecular weight is 625 g/mol. The molecule has 2 heterocycles. The molecule has 0 radical (unpaired) electrons. The fourth-order valence-corrected chi connectivity index (χ4v) is 7.31. The largest absolute Gasteiger partial charge is 0.486 e. The third-order valence-corrected chi connectivity index (χ3v) is 10.6. The second kappa shape index (κ2) is 12.0. The number of para-hydroxylation sites is 1. The molecule has 0 unspecified atom stereocenters. The molecule has 0 spiro atoms. The molecule has 15 heteroatoms. The van der Waals surface area contributed by atoms with Crippen molar-refractivity contribution in [3.63, 3.8) is 0 Å². The number of anilines is 1. The van der Waals surface area contributed by atoms with Crippen molar-refractivity contribution >= 4 is 31.6 Å². The number of benzene rings is 2. The van der Waals surface area contributed by atoms with Gasteiger partial charge in [0.15, 0.2) is 16.4 Å². The van der Waals surface area contributed by atoms with E-state index in [4.69, 9.17) is 9.26 Å². The maximum Gasteiger partial charge on any atom is 0.267 e. The Balaban J connectivity index is 1.78. The molecule has 3 atom stereocenters. The maximum absolute atomic E-state index is 13.7. The minimum atomic E-state index is -4.24. The van der Waals surface area contributed by atoms with Crippen LogP contribution in [-0.2, 0) is 20.0 Å². The number of hydrogen-bond donors (Lipinski definition) is 2. The summed E-state index contributed by atoms with van der Waals surface area (Å²) in [5, 5.41) is 13.6. The van der Waals surface area contributed by atoms with Crippen LogP contribution in [0.3, 0.4) is 0 Å². The lowest BCUT2D eigenvalue weighted by Gasteiger charge is -2.38. The molecule has 42 heavy (non-hydrogen) atoms. The zero-order valence-corrected chi connectivity index (χ0v) is 25.4. The third kappa shape index (κ3) is 6.14. The van der Waals surface area contributed by atoms with Gasteiger partial charge in [0, 0.05) is 19.5 Å². The molecular formula is C27H33FN4O8S2. The van der Waals surface area contributed by atoms with Crippen LogP contribution in [0.4, 0.5) is 10.1 Å². The van der Waals surface area contributed by atoms with Gasteiger partial charge < -0.3 is 19.3 Å². The quantitative estimate of drug-likeness (QED) is 0.365. The van der Waals surface area contributed by atoms with Crippen LogP contribution >= 0.6 is 0 Å². The number of aliphatic hydroxyl groups excluding tert-OH is 1. The summed E-state index contributed by atoms with van der Waals surface area (Å²) in [6.45, 7) is 5.94. The normalized spacial score (nSPS) is 18.7. The van der Waals surface area contributed by atoms with Gasteiger partial charge in [0.25, 0.3) is 15.9 Å². The van der Waals surface area contributed by atoms with Gasteiger partial charge in [0.05, 0.1) is 35.3 Å². The first-order valence-electron chi connectivity index (χ1n) is 13.1. The standard InChI is InChI=1S/C27H33FN4O8S2/c1-16-13-32(17(2)15-33)27(34)22-7-6-8-23(30-41(35,36)26-18(3)29-40-19(26)4)25(22)39-24(16)14-31(5)42(37,38)21-11-9-20(28)10-12-21/h6-12,16-17,24,30,33H,13-15H2,1-5H3/t16-,17-,24-/m1/s1. The summed E-state index contributed by atoms with van der Waals surface area (Å²) in [4.78, 5) is 14.8. The van der Waals surface area contributed by atoms with E-state index in [-0.39, 0.29) is 57.9 Å². The molecule has 1 aliphatic rings. The highest BCUT2D eigenvalue weighted by Crippen LogP contribution is 2.37. The highest BCUT2D eigenvalue weighted by molar-refractivity contribution is 7.92. The van der Waals surface area contributed by atoms with Crippen LogP contribution in [-0.4, -0.2) is 81.1 Å². The number of nitrogens with zero attached hydrogens (tertiary/aromatic N) is 3. The SMILES string of the molecule is Cc1noc(C)c1S(=O)(=O)Nc1cccc2c1O[C@H](CN(C)S(=O)(=O)c1ccc(F)cc1)[C@H](C)CN([C@H](C)CO)C2=O.